The summed E-state index contributed by atoms with van der Waals surface area (Å²) in [6.07, 6.45) is 5.22. The second kappa shape index (κ2) is 7.83. The third kappa shape index (κ3) is 3.73. The number of rotatable bonds is 5. The van der Waals surface area contributed by atoms with Gasteiger partial charge in [-0.3, -0.25) is 19.8 Å². The molecule has 1 aromatic heterocycles. The molecule has 1 aromatic carbocycles. The Balaban J connectivity index is 1.64. The zero-order valence-corrected chi connectivity index (χ0v) is 16.0. The molecule has 2 aliphatic rings. The number of ether oxygens (including phenoxy) is 1. The van der Waals surface area contributed by atoms with Crippen LogP contribution in [0.3, 0.4) is 0 Å². The number of imide groups is 2. The van der Waals surface area contributed by atoms with E-state index in [0.717, 1.165) is 36.5 Å². The Hall–Kier alpha value is -3.55. The largest absolute Gasteiger partial charge is 0.496 e. The average Bonchev–Trinajstić information content (AvgIpc) is 3.42. The predicted octanol–water partition coefficient (Wildman–Crippen LogP) is 2.55. The summed E-state index contributed by atoms with van der Waals surface area (Å²) in [5, 5.41) is 2.20. The van der Waals surface area contributed by atoms with E-state index in [1.165, 1.54) is 12.3 Å². The number of barbiturate groups is 1. The molecule has 0 radical (unpaired) electrons. The highest BCUT2D eigenvalue weighted by Crippen LogP contribution is 2.30. The van der Waals surface area contributed by atoms with Crippen molar-refractivity contribution in [1.29, 1.82) is 0 Å². The minimum atomic E-state index is -0.773. The van der Waals surface area contributed by atoms with Crippen LogP contribution < -0.4 is 15.0 Å². The Morgan fingerprint density at radius 2 is 1.97 bits per heavy atom. The first-order valence-corrected chi connectivity index (χ1v) is 9.41. The average molecular weight is 395 g/mol. The zero-order valence-electron chi connectivity index (χ0n) is 16.0. The van der Waals surface area contributed by atoms with Crippen LogP contribution in [-0.4, -0.2) is 42.9 Å². The van der Waals surface area contributed by atoms with Crippen molar-refractivity contribution in [3.63, 3.8) is 0 Å². The fourth-order valence-electron chi connectivity index (χ4n) is 3.54. The lowest BCUT2D eigenvalue weighted by atomic mass is 10.1. The highest BCUT2D eigenvalue weighted by molar-refractivity contribution is 6.31. The number of carbonyl (C=O) groups excluding carboxylic acids is 3. The first-order chi connectivity index (χ1) is 14.1. The number of carbonyl (C=O) groups is 3. The maximum absolute atomic E-state index is 12.8. The van der Waals surface area contributed by atoms with Crippen LogP contribution in [0.1, 0.15) is 24.2 Å². The van der Waals surface area contributed by atoms with E-state index in [1.54, 1.807) is 19.2 Å². The maximum atomic E-state index is 12.8. The molecule has 150 valence electrons. The number of anilines is 1. The summed E-state index contributed by atoms with van der Waals surface area (Å²) in [5.74, 6) is -0.422. The van der Waals surface area contributed by atoms with Crippen molar-refractivity contribution in [2.24, 2.45) is 0 Å². The summed E-state index contributed by atoms with van der Waals surface area (Å²) < 4.78 is 10.7. The first kappa shape index (κ1) is 18.8. The van der Waals surface area contributed by atoms with Crippen LogP contribution in [0.15, 0.2) is 46.6 Å². The molecule has 8 nitrogen and oxygen atoms in total. The van der Waals surface area contributed by atoms with Gasteiger partial charge in [0.2, 0.25) is 0 Å². The van der Waals surface area contributed by atoms with E-state index in [0.29, 0.717) is 17.1 Å². The molecule has 2 saturated heterocycles. The molecule has 0 atom stereocenters. The van der Waals surface area contributed by atoms with Gasteiger partial charge in [-0.15, -0.1) is 0 Å². The summed E-state index contributed by atoms with van der Waals surface area (Å²) in [7, 11) is 1.54. The van der Waals surface area contributed by atoms with Gasteiger partial charge in [0, 0.05) is 30.4 Å². The lowest BCUT2D eigenvalue weighted by Crippen LogP contribution is -2.53. The third-order valence-electron chi connectivity index (χ3n) is 5.07. The van der Waals surface area contributed by atoms with E-state index >= 15 is 0 Å². The Morgan fingerprint density at radius 3 is 2.66 bits per heavy atom. The van der Waals surface area contributed by atoms with Gasteiger partial charge in [0.05, 0.1) is 19.9 Å². The van der Waals surface area contributed by atoms with E-state index in [4.69, 9.17) is 9.15 Å². The number of furan rings is 1. The van der Waals surface area contributed by atoms with Crippen LogP contribution in [0.2, 0.25) is 0 Å². The van der Waals surface area contributed by atoms with E-state index < -0.39 is 17.8 Å². The number of nitrogens with one attached hydrogen (secondary N) is 1. The molecule has 0 saturated carbocycles. The van der Waals surface area contributed by atoms with Crippen LogP contribution >= 0.6 is 0 Å². The van der Waals surface area contributed by atoms with Crippen LogP contribution in [0.4, 0.5) is 10.5 Å². The van der Waals surface area contributed by atoms with Gasteiger partial charge < -0.3 is 14.1 Å². The molecule has 0 aliphatic carbocycles. The zero-order chi connectivity index (χ0) is 20.4. The van der Waals surface area contributed by atoms with Crippen LogP contribution in [-0.2, 0) is 16.1 Å². The van der Waals surface area contributed by atoms with Crippen molar-refractivity contribution in [2.45, 2.75) is 19.4 Å². The van der Waals surface area contributed by atoms with Gasteiger partial charge in [0.1, 0.15) is 17.1 Å². The molecule has 0 bridgehead atoms. The molecule has 8 heteroatoms. The number of benzene rings is 1. The van der Waals surface area contributed by atoms with Gasteiger partial charge in [-0.1, -0.05) is 0 Å². The number of nitrogens with zero attached hydrogens (tertiary/aromatic N) is 2. The highest BCUT2D eigenvalue weighted by atomic mass is 16.5. The minimum absolute atomic E-state index is 0.0622. The SMILES string of the molecule is COc1cc(N2CCCC2)ccc1/C=C1\C(=O)NC(=O)N(Cc2ccco2)C1=O. The summed E-state index contributed by atoms with van der Waals surface area (Å²) in [5.41, 5.74) is 1.49. The lowest BCUT2D eigenvalue weighted by molar-refractivity contribution is -0.130. The molecule has 2 fully saturated rings. The maximum Gasteiger partial charge on any atom is 0.331 e. The lowest BCUT2D eigenvalue weighted by Gasteiger charge is -2.25. The van der Waals surface area contributed by atoms with Crippen molar-refractivity contribution in [3.8, 4) is 5.75 Å². The van der Waals surface area contributed by atoms with E-state index in [9.17, 15) is 14.4 Å². The molecular formula is C21H21N3O5. The minimum Gasteiger partial charge on any atom is -0.496 e. The molecule has 29 heavy (non-hydrogen) atoms. The molecule has 3 heterocycles. The number of methoxy groups -OCH3 is 1. The van der Waals surface area contributed by atoms with E-state index in [-0.39, 0.29) is 12.1 Å². The summed E-state index contributed by atoms with van der Waals surface area (Å²) in [6, 6.07) is 8.20. The van der Waals surface area contributed by atoms with E-state index in [1.807, 2.05) is 18.2 Å². The molecular weight excluding hydrogens is 374 g/mol. The molecule has 4 amide bonds. The molecule has 4 rings (SSSR count). The predicted molar refractivity (Wildman–Crippen MR) is 105 cm³/mol. The van der Waals surface area contributed by atoms with Gasteiger partial charge in [-0.2, -0.15) is 0 Å². The van der Waals surface area contributed by atoms with E-state index in [2.05, 4.69) is 10.2 Å². The Morgan fingerprint density at radius 1 is 1.17 bits per heavy atom. The van der Waals surface area contributed by atoms with Gasteiger partial charge >= 0.3 is 6.03 Å². The monoisotopic (exact) mass is 395 g/mol. The van der Waals surface area contributed by atoms with Crippen molar-refractivity contribution < 1.29 is 23.5 Å². The number of hydrogen-bond donors (Lipinski definition) is 1. The third-order valence-corrected chi connectivity index (χ3v) is 5.07. The van der Waals surface area contributed by atoms with Gasteiger partial charge in [-0.05, 0) is 43.2 Å². The molecule has 0 unspecified atom stereocenters. The number of urea groups is 1. The quantitative estimate of drug-likeness (QED) is 0.618. The molecule has 2 aromatic rings. The standard InChI is InChI=1S/C21H21N3O5/c1-28-18-12-15(23-8-2-3-9-23)7-6-14(18)11-17-19(25)22-21(27)24(20(17)26)13-16-5-4-10-29-16/h4-7,10-12H,2-3,8-9,13H2,1H3,(H,22,25,27)/b17-11+. The first-order valence-electron chi connectivity index (χ1n) is 9.41. The molecule has 0 spiro atoms. The fourth-order valence-corrected chi connectivity index (χ4v) is 3.54. The van der Waals surface area contributed by atoms with Crippen molar-refractivity contribution >= 4 is 29.6 Å². The Labute approximate surface area is 167 Å². The summed E-state index contributed by atoms with van der Waals surface area (Å²) in [4.78, 5) is 40.5. The Kier molecular flexibility index (Phi) is 5.07. The summed E-state index contributed by atoms with van der Waals surface area (Å²) >= 11 is 0. The fraction of sp³-hybridized carbons (Fsp3) is 0.286. The second-order valence-corrected chi connectivity index (χ2v) is 6.91. The summed E-state index contributed by atoms with van der Waals surface area (Å²) in [6.45, 7) is 1.93. The van der Waals surface area contributed by atoms with Crippen molar-refractivity contribution in [3.05, 3.63) is 53.5 Å². The van der Waals surface area contributed by atoms with Gasteiger partial charge in [0.15, 0.2) is 0 Å². The number of hydrogen-bond acceptors (Lipinski definition) is 6. The number of amides is 4. The van der Waals surface area contributed by atoms with Gasteiger partial charge in [-0.25, -0.2) is 4.79 Å². The second-order valence-electron chi connectivity index (χ2n) is 6.91. The van der Waals surface area contributed by atoms with Crippen LogP contribution in [0.25, 0.3) is 6.08 Å². The topological polar surface area (TPSA) is 92.1 Å². The van der Waals surface area contributed by atoms with Crippen molar-refractivity contribution in [2.75, 3.05) is 25.1 Å². The normalized spacial score (nSPS) is 18.5. The smallest absolute Gasteiger partial charge is 0.331 e. The molecule has 2 aliphatic heterocycles. The molecule has 1 N–H and O–H groups in total. The van der Waals surface area contributed by atoms with Crippen LogP contribution in [0.5, 0.6) is 5.75 Å². The van der Waals surface area contributed by atoms with Crippen LogP contribution in [0, 0.1) is 0 Å². The van der Waals surface area contributed by atoms with Gasteiger partial charge in [0.25, 0.3) is 11.8 Å². The highest BCUT2D eigenvalue weighted by Gasteiger charge is 2.36. The Bertz CT molecular complexity index is 974. The van der Waals surface area contributed by atoms with Crippen molar-refractivity contribution in [1.82, 2.24) is 10.2 Å².